The Balaban J connectivity index is 1.03. The smallest absolute Gasteiger partial charge is 0.191 e. The molecular weight excluding hydrogens is 490 g/mol. The van der Waals surface area contributed by atoms with Gasteiger partial charge in [0.05, 0.1) is 17.4 Å². The summed E-state index contributed by atoms with van der Waals surface area (Å²) in [4.78, 5) is 15.9. The SMILES string of the molecule is Cc1ccc2cc(-c3nnc(SCCCN4CCc5ccc(-c6cnccn6)cc5CC4)n3C)ccc2n1. The van der Waals surface area contributed by atoms with Gasteiger partial charge in [-0.25, -0.2) is 0 Å². The number of rotatable bonds is 7. The van der Waals surface area contributed by atoms with Crippen LogP contribution in [-0.2, 0) is 19.9 Å². The predicted octanol–water partition coefficient (Wildman–Crippen LogP) is 5.38. The molecule has 3 aromatic heterocycles. The highest BCUT2D eigenvalue weighted by Crippen LogP contribution is 2.27. The minimum Gasteiger partial charge on any atom is -0.305 e. The standard InChI is InChI=1S/C30H31N7S/c1-21-4-5-24-19-26(8-9-27(24)33-21)29-34-35-30(36(29)2)38-17-3-14-37-15-10-22-6-7-25(18-23(22)11-16-37)28-20-31-12-13-32-28/h4-9,12-13,18-20H,3,10-11,14-17H2,1-2H3. The summed E-state index contributed by atoms with van der Waals surface area (Å²) in [7, 11) is 2.05. The van der Waals surface area contributed by atoms with Crippen molar-refractivity contribution in [3.05, 3.63) is 83.9 Å². The Morgan fingerprint density at radius 1 is 0.895 bits per heavy atom. The second kappa shape index (κ2) is 11.0. The third kappa shape index (κ3) is 5.33. The van der Waals surface area contributed by atoms with Crippen molar-refractivity contribution in [3.8, 4) is 22.6 Å². The van der Waals surface area contributed by atoms with Gasteiger partial charge in [0.25, 0.3) is 0 Å². The second-order valence-electron chi connectivity index (χ2n) is 9.84. The van der Waals surface area contributed by atoms with E-state index in [0.29, 0.717) is 0 Å². The van der Waals surface area contributed by atoms with Gasteiger partial charge in [0, 0.05) is 60.5 Å². The molecule has 5 aromatic rings. The average molecular weight is 522 g/mol. The third-order valence-electron chi connectivity index (χ3n) is 7.23. The lowest BCUT2D eigenvalue weighted by Crippen LogP contribution is -2.27. The van der Waals surface area contributed by atoms with E-state index in [1.807, 2.05) is 19.2 Å². The summed E-state index contributed by atoms with van der Waals surface area (Å²) in [6, 6.07) is 17.2. The number of benzene rings is 2. The van der Waals surface area contributed by atoms with E-state index in [1.165, 1.54) is 11.1 Å². The highest BCUT2D eigenvalue weighted by atomic mass is 32.2. The summed E-state index contributed by atoms with van der Waals surface area (Å²) in [6.07, 6.45) is 8.60. The Morgan fingerprint density at radius 3 is 2.63 bits per heavy atom. The molecule has 0 fully saturated rings. The molecule has 0 amide bonds. The number of aromatic nitrogens is 6. The molecule has 0 N–H and O–H groups in total. The molecule has 0 atom stereocenters. The molecule has 0 saturated heterocycles. The Kier molecular flexibility index (Phi) is 7.16. The van der Waals surface area contributed by atoms with Crippen LogP contribution < -0.4 is 0 Å². The molecule has 0 radical (unpaired) electrons. The van der Waals surface area contributed by atoms with Gasteiger partial charge in [-0.3, -0.25) is 15.0 Å². The van der Waals surface area contributed by atoms with Crippen LogP contribution in [0, 0.1) is 6.92 Å². The molecule has 2 aromatic carbocycles. The lowest BCUT2D eigenvalue weighted by molar-refractivity contribution is 0.289. The molecule has 0 saturated carbocycles. The summed E-state index contributed by atoms with van der Waals surface area (Å²) in [5.41, 5.74) is 8.09. The van der Waals surface area contributed by atoms with Crippen molar-refractivity contribution in [1.29, 1.82) is 0 Å². The van der Waals surface area contributed by atoms with Crippen LogP contribution in [0.5, 0.6) is 0 Å². The quantitative estimate of drug-likeness (QED) is 0.210. The number of nitrogens with zero attached hydrogens (tertiary/aromatic N) is 7. The van der Waals surface area contributed by atoms with Crippen molar-refractivity contribution in [1.82, 2.24) is 34.6 Å². The van der Waals surface area contributed by atoms with Gasteiger partial charge in [-0.05, 0) is 74.2 Å². The van der Waals surface area contributed by atoms with Crippen LogP contribution >= 0.6 is 11.8 Å². The zero-order valence-electron chi connectivity index (χ0n) is 21.8. The van der Waals surface area contributed by atoms with Crippen molar-refractivity contribution >= 4 is 22.7 Å². The van der Waals surface area contributed by atoms with Crippen LogP contribution in [0.4, 0.5) is 0 Å². The number of aryl methyl sites for hydroxylation is 1. The van der Waals surface area contributed by atoms with E-state index >= 15 is 0 Å². The molecule has 0 spiro atoms. The van der Waals surface area contributed by atoms with E-state index in [-0.39, 0.29) is 0 Å². The molecule has 1 aliphatic heterocycles. The lowest BCUT2D eigenvalue weighted by Gasteiger charge is -2.19. The number of hydrogen-bond donors (Lipinski definition) is 0. The van der Waals surface area contributed by atoms with Crippen LogP contribution in [-0.4, -0.2) is 60.0 Å². The van der Waals surface area contributed by atoms with Gasteiger partial charge in [0.15, 0.2) is 11.0 Å². The molecule has 6 rings (SSSR count). The maximum Gasteiger partial charge on any atom is 0.191 e. The lowest BCUT2D eigenvalue weighted by atomic mass is 9.99. The van der Waals surface area contributed by atoms with E-state index in [1.54, 1.807) is 24.2 Å². The fourth-order valence-electron chi connectivity index (χ4n) is 5.11. The van der Waals surface area contributed by atoms with Gasteiger partial charge in [0.1, 0.15) is 0 Å². The van der Waals surface area contributed by atoms with Crippen LogP contribution in [0.2, 0.25) is 0 Å². The van der Waals surface area contributed by atoms with Crippen molar-refractivity contribution in [3.63, 3.8) is 0 Å². The number of pyridine rings is 1. The first-order valence-electron chi connectivity index (χ1n) is 13.1. The maximum absolute atomic E-state index is 4.60. The molecule has 7 nitrogen and oxygen atoms in total. The molecule has 0 aliphatic carbocycles. The predicted molar refractivity (Wildman–Crippen MR) is 153 cm³/mol. The average Bonchev–Trinajstić information content (AvgIpc) is 3.19. The maximum atomic E-state index is 4.60. The molecule has 0 unspecified atom stereocenters. The van der Waals surface area contributed by atoms with Gasteiger partial charge < -0.3 is 9.47 Å². The third-order valence-corrected chi connectivity index (χ3v) is 8.34. The molecule has 38 heavy (non-hydrogen) atoms. The van der Waals surface area contributed by atoms with E-state index in [4.69, 9.17) is 0 Å². The summed E-state index contributed by atoms with van der Waals surface area (Å²) < 4.78 is 2.10. The minimum atomic E-state index is 0.890. The molecule has 4 heterocycles. The molecule has 8 heteroatoms. The van der Waals surface area contributed by atoms with Gasteiger partial charge in [0.2, 0.25) is 0 Å². The Hall–Kier alpha value is -3.62. The van der Waals surface area contributed by atoms with Gasteiger partial charge in [-0.15, -0.1) is 10.2 Å². The first kappa shape index (κ1) is 24.7. The fraction of sp³-hybridized carbons (Fsp3) is 0.300. The van der Waals surface area contributed by atoms with E-state index in [0.717, 1.165) is 89.0 Å². The van der Waals surface area contributed by atoms with E-state index in [9.17, 15) is 0 Å². The fourth-order valence-corrected chi connectivity index (χ4v) is 5.95. The van der Waals surface area contributed by atoms with Crippen LogP contribution in [0.3, 0.4) is 0 Å². The highest BCUT2D eigenvalue weighted by molar-refractivity contribution is 7.99. The molecule has 192 valence electrons. The van der Waals surface area contributed by atoms with E-state index in [2.05, 4.69) is 84.1 Å². The normalized spacial score (nSPS) is 13.9. The first-order valence-corrected chi connectivity index (χ1v) is 14.1. The molecular formula is C30H31N7S. The number of fused-ring (bicyclic) bond motifs is 2. The van der Waals surface area contributed by atoms with Crippen molar-refractivity contribution in [2.75, 3.05) is 25.4 Å². The largest absolute Gasteiger partial charge is 0.305 e. The van der Waals surface area contributed by atoms with E-state index < -0.39 is 0 Å². The van der Waals surface area contributed by atoms with Crippen molar-refractivity contribution in [2.45, 2.75) is 31.3 Å². The summed E-state index contributed by atoms with van der Waals surface area (Å²) in [5.74, 6) is 1.91. The zero-order chi connectivity index (χ0) is 25.9. The second-order valence-corrected chi connectivity index (χ2v) is 10.9. The first-order chi connectivity index (χ1) is 18.6. The minimum absolute atomic E-state index is 0.890. The van der Waals surface area contributed by atoms with Gasteiger partial charge in [-0.2, -0.15) is 0 Å². The van der Waals surface area contributed by atoms with Crippen LogP contribution in [0.25, 0.3) is 33.5 Å². The monoisotopic (exact) mass is 521 g/mol. The van der Waals surface area contributed by atoms with Crippen LogP contribution in [0.1, 0.15) is 23.2 Å². The highest BCUT2D eigenvalue weighted by Gasteiger charge is 2.16. The van der Waals surface area contributed by atoms with Crippen LogP contribution in [0.15, 0.2) is 72.3 Å². The Morgan fingerprint density at radius 2 is 1.76 bits per heavy atom. The van der Waals surface area contributed by atoms with Gasteiger partial charge in [-0.1, -0.05) is 30.0 Å². The number of thioether (sulfide) groups is 1. The number of hydrogen-bond acceptors (Lipinski definition) is 7. The Bertz CT molecular complexity index is 1560. The molecule has 0 bridgehead atoms. The summed E-state index contributed by atoms with van der Waals surface area (Å²) in [5, 5.41) is 11.1. The Labute approximate surface area is 227 Å². The summed E-state index contributed by atoms with van der Waals surface area (Å²) >= 11 is 1.79. The van der Waals surface area contributed by atoms with Crippen molar-refractivity contribution < 1.29 is 0 Å². The van der Waals surface area contributed by atoms with Gasteiger partial charge >= 0.3 is 0 Å². The molecule has 1 aliphatic rings. The summed E-state index contributed by atoms with van der Waals surface area (Å²) in [6.45, 7) is 5.31. The zero-order valence-corrected chi connectivity index (χ0v) is 22.7. The topological polar surface area (TPSA) is 72.6 Å². The van der Waals surface area contributed by atoms with Crippen molar-refractivity contribution in [2.24, 2.45) is 7.05 Å².